The number of H-pyrrole nitrogens is 1. The second-order valence-corrected chi connectivity index (χ2v) is 32.6. The molecule has 18 rings (SSSR count). The molecule has 21 heteroatoms. The first kappa shape index (κ1) is 84.1. The molecule has 1 N–H and O–H groups in total. The summed E-state index contributed by atoms with van der Waals surface area (Å²) in [6, 6.07) is 117. The summed E-state index contributed by atoms with van der Waals surface area (Å²) in [6.07, 6.45) is 0. The minimum absolute atomic E-state index is 0. The molecule has 1 aliphatic heterocycles. The molecule has 1 aliphatic rings. The van der Waals surface area contributed by atoms with E-state index in [1.807, 2.05) is 48.5 Å². The standard InChI is InChI=1S/C44H29N4.C44H28N4.4CHCl3.Tb/c2*1-5-13-29(14-6-1)41-33-21-23-35(45-33)42(30-15-7-2-8-16-30)37-25-27-39(47-37)44(32-19-11-4-12-20-32)40-28-26-38(48-40)43(31-17-9-3-10-18-31)36-24-22-34(41)46-36;4*2-1(3)4;/h1-28,45H;1-28H;4*1H;/q-1;;;;;;. The van der Waals surface area contributed by atoms with E-state index in [0.717, 1.165) is 180 Å². The van der Waals surface area contributed by atoms with E-state index < -0.39 is 17.2 Å². The predicted molar refractivity (Wildman–Crippen MR) is 471 cm³/mol. The van der Waals surface area contributed by atoms with Crippen molar-refractivity contribution < 1.29 is 38.6 Å². The third-order valence-electron chi connectivity index (χ3n) is 17.8. The number of nitrogens with zero attached hydrogens (tertiary/aromatic N) is 7. The Kier molecular flexibility index (Phi) is 30.4. The molecule has 1 radical (unpaired) electrons. The summed E-state index contributed by atoms with van der Waals surface area (Å²) in [5, 5.41) is 0. The Balaban J connectivity index is 0.000000175. The zero-order valence-electron chi connectivity index (χ0n) is 59.1. The van der Waals surface area contributed by atoms with Gasteiger partial charge in [-0.25, -0.2) is 0 Å². The van der Waals surface area contributed by atoms with Crippen LogP contribution in [0, 0.1) is 62.3 Å². The molecule has 0 spiro atoms. The quantitative estimate of drug-likeness (QED) is 0.119. The summed E-state index contributed by atoms with van der Waals surface area (Å²) in [7, 11) is 0. The van der Waals surface area contributed by atoms with Crippen LogP contribution in [0.3, 0.4) is 0 Å². The van der Waals surface area contributed by atoms with Crippen molar-refractivity contribution in [1.29, 1.82) is 0 Å². The maximum Gasteiger partial charge on any atom is 0.180 e. The molecule has 9 aromatic heterocycles. The van der Waals surface area contributed by atoms with Crippen molar-refractivity contribution in [3.8, 4) is 44.5 Å². The van der Waals surface area contributed by atoms with Crippen LogP contribution in [-0.4, -0.2) is 22.2 Å². The van der Waals surface area contributed by atoms with Crippen molar-refractivity contribution in [1.82, 2.24) is 39.9 Å². The van der Waals surface area contributed by atoms with E-state index in [1.165, 1.54) is 0 Å². The van der Waals surface area contributed by atoms with Crippen molar-refractivity contribution in [2.45, 2.75) is 17.2 Å². The van der Waals surface area contributed by atoms with Gasteiger partial charge in [0.15, 0.2) is 17.2 Å². The maximum absolute atomic E-state index is 5.33. The van der Waals surface area contributed by atoms with Gasteiger partial charge in [0, 0.05) is 218 Å². The summed E-state index contributed by atoms with van der Waals surface area (Å²) in [4.78, 5) is 41.0. The van der Waals surface area contributed by atoms with Crippen LogP contribution in [0.4, 0.5) is 0 Å². The molecule has 0 amide bonds. The van der Waals surface area contributed by atoms with Crippen LogP contribution in [0.5, 0.6) is 0 Å². The van der Waals surface area contributed by atoms with Crippen LogP contribution < -0.4 is 34.9 Å². The Morgan fingerprint density at radius 2 is 0.398 bits per heavy atom. The number of benzene rings is 8. The second kappa shape index (κ2) is 40.8. The monoisotopic (exact) mass is 1860 g/mol. The molecule has 0 saturated carbocycles. The summed E-state index contributed by atoms with van der Waals surface area (Å²) in [5.41, 5.74) is 26.7. The molecule has 0 unspecified atom stereocenters. The third kappa shape index (κ3) is 21.4. The first-order valence-electron chi connectivity index (χ1n) is 34.8. The summed E-state index contributed by atoms with van der Waals surface area (Å²) < 4.78 is -3.00. The molecule has 113 heavy (non-hydrogen) atoms. The number of hydrogen-bond acceptors (Lipinski definition) is 0. The minimum atomic E-state index is -0.750. The fourth-order valence-electron chi connectivity index (χ4n) is 13.5. The molecule has 0 fully saturated rings. The van der Waals surface area contributed by atoms with Gasteiger partial charge >= 0.3 is 0 Å². The molecule has 8 nitrogen and oxygen atoms in total. The van der Waals surface area contributed by atoms with Crippen molar-refractivity contribution in [3.05, 3.63) is 431 Å². The Morgan fingerprint density at radius 3 is 0.628 bits per heavy atom. The van der Waals surface area contributed by atoms with Gasteiger partial charge in [0.2, 0.25) is 0 Å². The number of fused-ring (bicyclic) bond motifs is 16. The van der Waals surface area contributed by atoms with Gasteiger partial charge in [-0.05, 0) is 224 Å². The number of aromatic nitrogens is 8. The van der Waals surface area contributed by atoms with Crippen molar-refractivity contribution in [2.24, 2.45) is 0 Å². The average molecular weight is 1860 g/mol. The van der Waals surface area contributed by atoms with Gasteiger partial charge in [-0.15, -0.1) is 11.0 Å². The Labute approximate surface area is 746 Å². The molecule has 10 heterocycles. The van der Waals surface area contributed by atoms with Crippen LogP contribution in [0.15, 0.2) is 340 Å². The normalized spacial score (nSPS) is 11.5. The molecule has 16 bridgehead atoms. The smallest absolute Gasteiger partial charge is 0.180 e. The van der Waals surface area contributed by atoms with Crippen LogP contribution in [-0.2, 0) is 0 Å². The molecule has 0 aliphatic carbocycles. The number of hydrogen-bond donors (Lipinski definition) is 1. The van der Waals surface area contributed by atoms with Gasteiger partial charge in [0.05, 0.1) is 33.4 Å². The number of alkyl halides is 12. The van der Waals surface area contributed by atoms with Crippen molar-refractivity contribution >= 4 is 183 Å². The van der Waals surface area contributed by atoms with Crippen LogP contribution >= 0.6 is 139 Å². The maximum atomic E-state index is 5.33. The van der Waals surface area contributed by atoms with E-state index in [9.17, 15) is 0 Å². The summed E-state index contributed by atoms with van der Waals surface area (Å²) in [5.74, 6) is 3.91. The van der Waals surface area contributed by atoms with E-state index in [0.29, 0.717) is 0 Å². The van der Waals surface area contributed by atoms with Crippen LogP contribution in [0.2, 0.25) is 0 Å². The second-order valence-electron chi connectivity index (χ2n) is 24.7. The number of rotatable bonds is 8. The van der Waals surface area contributed by atoms with E-state index in [4.69, 9.17) is 174 Å². The zero-order valence-corrected chi connectivity index (χ0v) is 70.4. The van der Waals surface area contributed by atoms with Gasteiger partial charge in [0.25, 0.3) is 0 Å². The van der Waals surface area contributed by atoms with Crippen molar-refractivity contribution in [2.75, 3.05) is 0 Å². The fourth-order valence-corrected chi connectivity index (χ4v) is 13.5. The van der Waals surface area contributed by atoms with Gasteiger partial charge in [0.1, 0.15) is 0 Å². The molecule has 17 aromatic rings. The minimum Gasteiger partial charge on any atom is -0.642 e. The Bertz CT molecular complexity index is 4980. The largest absolute Gasteiger partial charge is 0.642 e. The van der Waals surface area contributed by atoms with Gasteiger partial charge in [-0.2, -0.15) is 0 Å². The Morgan fingerprint density at radius 1 is 0.204 bits per heavy atom. The zero-order chi connectivity index (χ0) is 78.0. The van der Waals surface area contributed by atoms with Crippen molar-refractivity contribution in [3.63, 3.8) is 0 Å². The summed E-state index contributed by atoms with van der Waals surface area (Å²) in [6.45, 7) is 0. The van der Waals surface area contributed by atoms with E-state index >= 15 is 0 Å². The van der Waals surface area contributed by atoms with Crippen LogP contribution in [0.1, 0.15) is 67.8 Å². The molecule has 0 saturated heterocycles. The molecule has 8 aromatic carbocycles. The topological polar surface area (TPSA) is 114 Å². The molecule has 0 atom stereocenters. The third-order valence-corrected chi connectivity index (χ3v) is 17.8. The number of aromatic amines is 1. The SMILES string of the molecule is ClC(Cl)Cl.ClC(Cl)Cl.ClC(Cl)Cl.ClC(Cl)Cl.[Tb].c1ccc(-c2c3ccc([n-]3)[c+](-c3ccccc3)c3ccc([n-]3)[c+](-c3ccccc3)c3ccc([n-]3)c(-c3ccccc3)c3ccc2[nH]3)cc1.c1ccc([C+]2c3ccc([n-]3)[C+](c3ccccc3)c3ccc([n-]3)[C+](c3ccccc3)c3ccc([n-]3)[C+](c3ccccc3)c3ccc2[n-]3)cc1. The average Bonchev–Trinajstić information content (AvgIpc) is 1.62. The van der Waals surface area contributed by atoms with Gasteiger partial charge in [-0.1, -0.05) is 211 Å². The first-order chi connectivity index (χ1) is 54.5. The first-order valence-corrected chi connectivity index (χ1v) is 40.1. The number of nitrogens with one attached hydrogen (secondary N) is 1. The van der Waals surface area contributed by atoms with E-state index in [1.54, 1.807) is 0 Å². The summed E-state index contributed by atoms with van der Waals surface area (Å²) >= 11 is 57.7. The van der Waals surface area contributed by atoms with E-state index in [2.05, 4.69) is 296 Å². The molecular weight excluding hydrogens is 1800 g/mol. The van der Waals surface area contributed by atoms with Crippen LogP contribution in [0.25, 0.3) is 88.6 Å². The van der Waals surface area contributed by atoms with Gasteiger partial charge < -0.3 is 39.9 Å². The predicted octanol–water partition coefficient (Wildman–Crippen LogP) is 26.7. The van der Waals surface area contributed by atoms with Gasteiger partial charge in [-0.3, -0.25) is 0 Å². The number of halogens is 12. The molecular formula is C92H61Cl12N8Tb-. The molecule has 563 valence electrons. The fraction of sp³-hybridized carbons (Fsp3) is 0.0435. The van der Waals surface area contributed by atoms with E-state index in [-0.39, 0.29) is 38.6 Å². The Hall–Kier alpha value is -8.27.